The Hall–Kier alpha value is -3.60. The van der Waals surface area contributed by atoms with Gasteiger partial charge in [0.15, 0.2) is 0 Å². The molecular weight excluding hydrogens is 632 g/mol. The van der Waals surface area contributed by atoms with Crippen LogP contribution < -0.4 is 0 Å². The maximum absolute atomic E-state index is 11.9. The Morgan fingerprint density at radius 3 is 0.750 bits per heavy atom. The van der Waals surface area contributed by atoms with Crippen LogP contribution in [0.25, 0.3) is 0 Å². The molecule has 2 rings (SSSR count). The molecule has 14 heteroatoms. The van der Waals surface area contributed by atoms with Crippen molar-refractivity contribution >= 4 is 23.5 Å². The predicted molar refractivity (Wildman–Crippen MR) is 170 cm³/mol. The summed E-state index contributed by atoms with van der Waals surface area (Å²) in [5.74, 6) is -3.18. The molecule has 0 aromatic heterocycles. The van der Waals surface area contributed by atoms with Crippen LogP contribution >= 0.6 is 0 Å². The lowest BCUT2D eigenvalue weighted by atomic mass is 10.1. The van der Waals surface area contributed by atoms with Crippen LogP contribution in [-0.4, -0.2) is 142 Å². The monoisotopic (exact) mass is 678 g/mol. The molecule has 0 saturated heterocycles. The molecule has 0 radical (unpaired) electrons. The third-order valence-electron chi connectivity index (χ3n) is 5.97. The fraction of sp³-hybridized carbons (Fsp3) is 0.529. The summed E-state index contributed by atoms with van der Waals surface area (Å²) in [5.41, 5.74) is 0.575. The highest BCUT2D eigenvalue weighted by molar-refractivity contribution is 6.41. The molecule has 0 aliphatic carbocycles. The van der Waals surface area contributed by atoms with Crippen molar-refractivity contribution in [3.63, 3.8) is 0 Å². The van der Waals surface area contributed by atoms with Gasteiger partial charge in [-0.2, -0.15) is 0 Å². The highest BCUT2D eigenvalue weighted by Crippen LogP contribution is 2.02. The number of carbonyl (C=O) groups is 4. The van der Waals surface area contributed by atoms with E-state index in [1.807, 2.05) is 0 Å². The summed E-state index contributed by atoms with van der Waals surface area (Å²) in [6, 6.07) is 16.4. The zero-order chi connectivity index (χ0) is 34.3. The standard InChI is InChI=1S/C34H46O14/c35-31(29-7-3-1-4-8-29)33(37)47-27-25-45-23-21-43-19-17-41-15-13-39-11-12-40-14-16-42-18-20-44-22-24-46-26-28-48-34(38)32(36)30-9-5-2-6-10-30/h1-10H,11-28H2. The lowest BCUT2D eigenvalue weighted by Crippen LogP contribution is -2.20. The van der Waals surface area contributed by atoms with E-state index >= 15 is 0 Å². The fourth-order valence-corrected chi connectivity index (χ4v) is 3.57. The molecule has 0 atom stereocenters. The summed E-state index contributed by atoms with van der Waals surface area (Å²) in [6.07, 6.45) is 0. The van der Waals surface area contributed by atoms with Crippen molar-refractivity contribution in [2.45, 2.75) is 0 Å². The van der Waals surface area contributed by atoms with Gasteiger partial charge in [0, 0.05) is 11.1 Å². The summed E-state index contributed by atoms with van der Waals surface area (Å²) in [6.45, 7) is 5.98. The van der Waals surface area contributed by atoms with Crippen LogP contribution in [0.4, 0.5) is 0 Å². The molecular formula is C34H46O14. The van der Waals surface area contributed by atoms with Gasteiger partial charge in [-0.25, -0.2) is 9.59 Å². The Kier molecular flexibility index (Phi) is 24.0. The van der Waals surface area contributed by atoms with Crippen LogP contribution in [0, 0.1) is 0 Å². The zero-order valence-corrected chi connectivity index (χ0v) is 27.2. The van der Waals surface area contributed by atoms with Crippen molar-refractivity contribution in [2.75, 3.05) is 119 Å². The van der Waals surface area contributed by atoms with Crippen molar-refractivity contribution in [1.82, 2.24) is 0 Å². The van der Waals surface area contributed by atoms with E-state index in [1.165, 1.54) is 0 Å². The predicted octanol–water partition coefficient (Wildman–Crippen LogP) is 1.97. The molecule has 48 heavy (non-hydrogen) atoms. The lowest BCUT2D eigenvalue weighted by Gasteiger charge is -2.09. The minimum atomic E-state index is -0.906. The second-order valence-corrected chi connectivity index (χ2v) is 9.56. The van der Waals surface area contributed by atoms with Crippen molar-refractivity contribution in [3.8, 4) is 0 Å². The van der Waals surface area contributed by atoms with E-state index < -0.39 is 23.5 Å². The third-order valence-corrected chi connectivity index (χ3v) is 5.97. The Bertz CT molecular complexity index is 1040. The molecule has 0 aliphatic heterocycles. The highest BCUT2D eigenvalue weighted by atomic mass is 16.6. The number of carbonyl (C=O) groups excluding carboxylic acids is 4. The van der Waals surface area contributed by atoms with E-state index in [1.54, 1.807) is 60.7 Å². The van der Waals surface area contributed by atoms with Crippen molar-refractivity contribution in [3.05, 3.63) is 71.8 Å². The zero-order valence-electron chi connectivity index (χ0n) is 27.2. The van der Waals surface area contributed by atoms with Gasteiger partial charge in [-0.15, -0.1) is 0 Å². The van der Waals surface area contributed by atoms with Crippen molar-refractivity contribution in [2.24, 2.45) is 0 Å². The smallest absolute Gasteiger partial charge is 0.379 e. The molecule has 0 fully saturated rings. The molecule has 14 nitrogen and oxygen atoms in total. The number of benzene rings is 2. The molecule has 0 N–H and O–H groups in total. The maximum Gasteiger partial charge on any atom is 0.379 e. The van der Waals surface area contributed by atoms with Crippen LogP contribution in [0.3, 0.4) is 0 Å². The molecule has 0 aliphatic rings. The SMILES string of the molecule is O=C(OCCOCCOCCOCCOCCOCCOCCOCCOCCOC(=O)C(=O)c1ccccc1)C(=O)c1ccccc1. The number of rotatable bonds is 31. The average Bonchev–Trinajstić information content (AvgIpc) is 3.12. The summed E-state index contributed by atoms with van der Waals surface area (Å²) in [7, 11) is 0. The van der Waals surface area contributed by atoms with Gasteiger partial charge in [-0.1, -0.05) is 60.7 Å². The molecule has 2 aromatic carbocycles. The van der Waals surface area contributed by atoms with Gasteiger partial charge in [0.05, 0.1) is 106 Å². The van der Waals surface area contributed by atoms with Gasteiger partial charge in [0.2, 0.25) is 0 Å². The number of ketones is 2. The topological polar surface area (TPSA) is 161 Å². The quantitative estimate of drug-likeness (QED) is 0.0493. The molecule has 2 aromatic rings. The van der Waals surface area contributed by atoms with E-state index in [0.717, 1.165) is 0 Å². The lowest BCUT2D eigenvalue weighted by molar-refractivity contribution is -0.140. The largest absolute Gasteiger partial charge is 0.457 e. The highest BCUT2D eigenvalue weighted by Gasteiger charge is 2.18. The van der Waals surface area contributed by atoms with Gasteiger partial charge in [0.1, 0.15) is 13.2 Å². The second-order valence-electron chi connectivity index (χ2n) is 9.56. The second kappa shape index (κ2) is 28.4. The first-order valence-electron chi connectivity index (χ1n) is 15.7. The van der Waals surface area contributed by atoms with Gasteiger partial charge in [-0.05, 0) is 0 Å². The summed E-state index contributed by atoms with van der Waals surface area (Å²) in [5, 5.41) is 0. The normalized spacial score (nSPS) is 10.9. The Labute approximate surface area is 280 Å². The maximum atomic E-state index is 11.9. The molecule has 0 heterocycles. The van der Waals surface area contributed by atoms with Gasteiger partial charge in [0.25, 0.3) is 11.6 Å². The molecule has 0 spiro atoms. The minimum absolute atomic E-state index is 0.0132. The van der Waals surface area contributed by atoms with Crippen LogP contribution in [0.1, 0.15) is 20.7 Å². The van der Waals surface area contributed by atoms with Crippen molar-refractivity contribution in [1.29, 1.82) is 0 Å². The number of ether oxygens (including phenoxy) is 10. The first kappa shape index (κ1) is 40.6. The van der Waals surface area contributed by atoms with Crippen LogP contribution in [0.2, 0.25) is 0 Å². The minimum Gasteiger partial charge on any atom is -0.457 e. The number of esters is 2. The average molecular weight is 679 g/mol. The van der Waals surface area contributed by atoms with Crippen molar-refractivity contribution < 1.29 is 66.5 Å². The van der Waals surface area contributed by atoms with E-state index in [9.17, 15) is 19.2 Å². The molecule has 266 valence electrons. The Balaban J connectivity index is 1.20. The fourth-order valence-electron chi connectivity index (χ4n) is 3.57. The van der Waals surface area contributed by atoms with E-state index in [-0.39, 0.29) is 37.6 Å². The van der Waals surface area contributed by atoms with Gasteiger partial charge >= 0.3 is 11.9 Å². The summed E-state index contributed by atoms with van der Waals surface area (Å²) < 4.78 is 53.0. The first-order chi connectivity index (χ1) is 23.6. The third kappa shape index (κ3) is 20.6. The van der Waals surface area contributed by atoms with Crippen LogP contribution in [-0.2, 0) is 57.0 Å². The summed E-state index contributed by atoms with van der Waals surface area (Å²) >= 11 is 0. The number of hydrogen-bond donors (Lipinski definition) is 0. The summed E-state index contributed by atoms with van der Waals surface area (Å²) in [4.78, 5) is 47.2. The molecule has 0 bridgehead atoms. The Morgan fingerprint density at radius 2 is 0.521 bits per heavy atom. The van der Waals surface area contributed by atoms with E-state index in [2.05, 4.69) is 0 Å². The van der Waals surface area contributed by atoms with E-state index in [4.69, 9.17) is 47.4 Å². The molecule has 0 amide bonds. The van der Waals surface area contributed by atoms with Gasteiger partial charge < -0.3 is 47.4 Å². The molecule has 0 unspecified atom stereocenters. The Morgan fingerprint density at radius 1 is 0.312 bits per heavy atom. The number of Topliss-reactive ketones (excluding diaryl/α,β-unsaturated/α-hetero) is 2. The van der Waals surface area contributed by atoms with Crippen LogP contribution in [0.15, 0.2) is 60.7 Å². The van der Waals surface area contributed by atoms with Gasteiger partial charge in [-0.3, -0.25) is 9.59 Å². The molecule has 0 saturated carbocycles. The first-order valence-corrected chi connectivity index (χ1v) is 15.7. The van der Waals surface area contributed by atoms with E-state index in [0.29, 0.717) is 92.5 Å². The van der Waals surface area contributed by atoms with Crippen LogP contribution in [0.5, 0.6) is 0 Å². The number of hydrogen-bond acceptors (Lipinski definition) is 14.